The van der Waals surface area contributed by atoms with Crippen LogP contribution in [0.3, 0.4) is 0 Å². The highest BCUT2D eigenvalue weighted by Crippen LogP contribution is 2.28. The van der Waals surface area contributed by atoms with E-state index in [1.165, 1.54) is 18.4 Å². The van der Waals surface area contributed by atoms with Crippen molar-refractivity contribution in [2.45, 2.75) is 38.1 Å². The fraction of sp³-hybridized carbons (Fsp3) is 0.588. The third-order valence-corrected chi connectivity index (χ3v) is 4.72. The monoisotopic (exact) mass is 287 g/mol. The Morgan fingerprint density at radius 3 is 2.38 bits per heavy atom. The standard InChI is InChI=1S/C17H25N3O/c1-13(14-2-4-15(18)5-3-14)12-17(21)20-10-8-19(9-11-20)16-6-7-16/h2-5,13,16H,6-12,18H2,1H3. The molecule has 1 aliphatic heterocycles. The van der Waals surface area contributed by atoms with Crippen LogP contribution in [0, 0.1) is 0 Å². The molecule has 1 unspecified atom stereocenters. The van der Waals surface area contributed by atoms with Gasteiger partial charge >= 0.3 is 0 Å². The van der Waals surface area contributed by atoms with E-state index in [-0.39, 0.29) is 11.8 Å². The van der Waals surface area contributed by atoms with Gasteiger partial charge in [-0.25, -0.2) is 0 Å². The quantitative estimate of drug-likeness (QED) is 0.863. The molecule has 0 radical (unpaired) electrons. The van der Waals surface area contributed by atoms with Gasteiger partial charge in [0.15, 0.2) is 0 Å². The molecular formula is C17H25N3O. The highest BCUT2D eigenvalue weighted by molar-refractivity contribution is 5.77. The number of hydrogen-bond donors (Lipinski definition) is 1. The number of rotatable bonds is 4. The van der Waals surface area contributed by atoms with E-state index in [4.69, 9.17) is 5.73 Å². The average Bonchev–Trinajstić information content (AvgIpc) is 3.32. The molecule has 114 valence electrons. The Hall–Kier alpha value is -1.55. The van der Waals surface area contributed by atoms with E-state index in [0.29, 0.717) is 6.42 Å². The zero-order chi connectivity index (χ0) is 14.8. The van der Waals surface area contributed by atoms with E-state index in [9.17, 15) is 4.79 Å². The van der Waals surface area contributed by atoms with Gasteiger partial charge in [-0.3, -0.25) is 9.69 Å². The van der Waals surface area contributed by atoms with Crippen molar-refractivity contribution in [1.82, 2.24) is 9.80 Å². The summed E-state index contributed by atoms with van der Waals surface area (Å²) in [4.78, 5) is 17.0. The molecule has 2 N–H and O–H groups in total. The number of anilines is 1. The van der Waals surface area contributed by atoms with Crippen LogP contribution in [-0.2, 0) is 4.79 Å². The number of amides is 1. The van der Waals surface area contributed by atoms with Gasteiger partial charge in [0.25, 0.3) is 0 Å². The van der Waals surface area contributed by atoms with Crippen molar-refractivity contribution < 1.29 is 4.79 Å². The summed E-state index contributed by atoms with van der Waals surface area (Å²) < 4.78 is 0. The van der Waals surface area contributed by atoms with Gasteiger partial charge in [0, 0.05) is 44.3 Å². The van der Waals surface area contributed by atoms with Crippen molar-refractivity contribution in [3.63, 3.8) is 0 Å². The molecule has 1 aromatic carbocycles. The molecule has 3 rings (SSSR count). The maximum absolute atomic E-state index is 12.4. The molecule has 1 heterocycles. The minimum Gasteiger partial charge on any atom is -0.399 e. The molecule has 21 heavy (non-hydrogen) atoms. The van der Waals surface area contributed by atoms with Gasteiger partial charge in [0.05, 0.1) is 0 Å². The predicted octanol–water partition coefficient (Wildman–Crippen LogP) is 2.07. The smallest absolute Gasteiger partial charge is 0.223 e. The zero-order valence-corrected chi connectivity index (χ0v) is 12.8. The van der Waals surface area contributed by atoms with Crippen LogP contribution in [0.4, 0.5) is 5.69 Å². The lowest BCUT2D eigenvalue weighted by molar-refractivity contribution is -0.133. The Balaban J connectivity index is 1.50. The minimum absolute atomic E-state index is 0.250. The van der Waals surface area contributed by atoms with Gasteiger partial charge in [-0.2, -0.15) is 0 Å². The summed E-state index contributed by atoms with van der Waals surface area (Å²) >= 11 is 0. The van der Waals surface area contributed by atoms with Crippen LogP contribution >= 0.6 is 0 Å². The summed E-state index contributed by atoms with van der Waals surface area (Å²) in [7, 11) is 0. The Morgan fingerprint density at radius 1 is 1.19 bits per heavy atom. The van der Waals surface area contributed by atoms with Gasteiger partial charge < -0.3 is 10.6 Å². The normalized spacial score (nSPS) is 21.3. The topological polar surface area (TPSA) is 49.6 Å². The van der Waals surface area contributed by atoms with Crippen molar-refractivity contribution in [3.8, 4) is 0 Å². The molecule has 1 saturated heterocycles. The number of carbonyl (C=O) groups excluding carboxylic acids is 1. The van der Waals surface area contributed by atoms with Crippen molar-refractivity contribution >= 4 is 11.6 Å². The maximum atomic E-state index is 12.4. The van der Waals surface area contributed by atoms with E-state index in [2.05, 4.69) is 11.8 Å². The van der Waals surface area contributed by atoms with Gasteiger partial charge in [0.1, 0.15) is 0 Å². The first kappa shape index (κ1) is 14.4. The summed E-state index contributed by atoms with van der Waals surface area (Å²) in [5, 5.41) is 0. The molecule has 1 aromatic rings. The van der Waals surface area contributed by atoms with Gasteiger partial charge in [-0.05, 0) is 36.5 Å². The van der Waals surface area contributed by atoms with Crippen LogP contribution in [0.25, 0.3) is 0 Å². The predicted molar refractivity (Wildman–Crippen MR) is 85.1 cm³/mol. The first-order valence-corrected chi connectivity index (χ1v) is 8.01. The summed E-state index contributed by atoms with van der Waals surface area (Å²) in [5.74, 6) is 0.536. The van der Waals surface area contributed by atoms with Crippen LogP contribution in [0.1, 0.15) is 37.7 Å². The lowest BCUT2D eigenvalue weighted by atomic mass is 9.97. The summed E-state index contributed by atoms with van der Waals surface area (Å²) in [5.41, 5.74) is 7.67. The largest absolute Gasteiger partial charge is 0.399 e. The van der Waals surface area contributed by atoms with Crippen molar-refractivity contribution in [2.24, 2.45) is 0 Å². The SMILES string of the molecule is CC(CC(=O)N1CCN(C2CC2)CC1)c1ccc(N)cc1. The number of nitrogen functional groups attached to an aromatic ring is 1. The number of benzene rings is 1. The van der Waals surface area contributed by atoms with E-state index in [0.717, 1.165) is 37.9 Å². The van der Waals surface area contributed by atoms with Crippen LogP contribution in [0.2, 0.25) is 0 Å². The summed E-state index contributed by atoms with van der Waals surface area (Å²) in [6.45, 7) is 6.00. The molecule has 2 fully saturated rings. The summed E-state index contributed by atoms with van der Waals surface area (Å²) in [6.07, 6.45) is 3.29. The second kappa shape index (κ2) is 6.06. The van der Waals surface area contributed by atoms with Crippen molar-refractivity contribution in [2.75, 3.05) is 31.9 Å². The number of nitrogens with zero attached hydrogens (tertiary/aromatic N) is 2. The lowest BCUT2D eigenvalue weighted by Gasteiger charge is -2.35. The molecular weight excluding hydrogens is 262 g/mol. The number of nitrogens with two attached hydrogens (primary N) is 1. The molecule has 1 amide bonds. The van der Waals surface area contributed by atoms with Crippen molar-refractivity contribution in [3.05, 3.63) is 29.8 Å². The first-order valence-electron chi connectivity index (χ1n) is 8.01. The molecule has 2 aliphatic rings. The Bertz CT molecular complexity index is 487. The molecule has 1 aliphatic carbocycles. The highest BCUT2D eigenvalue weighted by atomic mass is 16.2. The van der Waals surface area contributed by atoms with E-state index in [1.807, 2.05) is 29.2 Å². The van der Waals surface area contributed by atoms with Gasteiger partial charge in [-0.1, -0.05) is 19.1 Å². The van der Waals surface area contributed by atoms with E-state index >= 15 is 0 Å². The molecule has 0 aromatic heterocycles. The number of carbonyl (C=O) groups is 1. The molecule has 1 saturated carbocycles. The molecule has 4 nitrogen and oxygen atoms in total. The zero-order valence-electron chi connectivity index (χ0n) is 12.8. The van der Waals surface area contributed by atoms with Gasteiger partial charge in [-0.15, -0.1) is 0 Å². The fourth-order valence-corrected chi connectivity index (χ4v) is 3.11. The molecule has 4 heteroatoms. The van der Waals surface area contributed by atoms with Crippen molar-refractivity contribution in [1.29, 1.82) is 0 Å². The first-order chi connectivity index (χ1) is 10.1. The Kier molecular flexibility index (Phi) is 4.15. The molecule has 1 atom stereocenters. The second-order valence-electron chi connectivity index (χ2n) is 6.42. The Morgan fingerprint density at radius 2 is 1.81 bits per heavy atom. The van der Waals surface area contributed by atoms with Crippen LogP contribution in [-0.4, -0.2) is 47.9 Å². The van der Waals surface area contributed by atoms with Crippen LogP contribution in [0.15, 0.2) is 24.3 Å². The maximum Gasteiger partial charge on any atom is 0.223 e. The number of hydrogen-bond acceptors (Lipinski definition) is 3. The minimum atomic E-state index is 0.250. The van der Waals surface area contributed by atoms with E-state index in [1.54, 1.807) is 0 Å². The summed E-state index contributed by atoms with van der Waals surface area (Å²) in [6, 6.07) is 8.68. The lowest BCUT2D eigenvalue weighted by Crippen LogP contribution is -2.49. The second-order valence-corrected chi connectivity index (χ2v) is 6.42. The van der Waals surface area contributed by atoms with Crippen LogP contribution < -0.4 is 5.73 Å². The van der Waals surface area contributed by atoms with Crippen LogP contribution in [0.5, 0.6) is 0 Å². The fourth-order valence-electron chi connectivity index (χ4n) is 3.11. The third-order valence-electron chi connectivity index (χ3n) is 4.72. The Labute approximate surface area is 126 Å². The third kappa shape index (κ3) is 3.56. The number of piperazine rings is 1. The van der Waals surface area contributed by atoms with E-state index < -0.39 is 0 Å². The highest BCUT2D eigenvalue weighted by Gasteiger charge is 2.32. The average molecular weight is 287 g/mol. The molecule has 0 spiro atoms. The van der Waals surface area contributed by atoms with Gasteiger partial charge in [0.2, 0.25) is 5.91 Å². The molecule has 0 bridgehead atoms.